The van der Waals surface area contributed by atoms with Gasteiger partial charge in [-0.2, -0.15) is 8.78 Å². The maximum absolute atomic E-state index is 13.6. The second kappa shape index (κ2) is 6.76. The van der Waals surface area contributed by atoms with E-state index in [1.165, 1.54) is 6.92 Å². The number of ether oxygens (including phenoxy) is 1. The van der Waals surface area contributed by atoms with Gasteiger partial charge in [0.15, 0.2) is 0 Å². The van der Waals surface area contributed by atoms with Gasteiger partial charge in [-0.1, -0.05) is 0 Å². The van der Waals surface area contributed by atoms with E-state index in [0.717, 1.165) is 0 Å². The van der Waals surface area contributed by atoms with Crippen LogP contribution >= 0.6 is 12.4 Å². The predicted octanol–water partition coefficient (Wildman–Crippen LogP) is 2.29. The first-order chi connectivity index (χ1) is 8.71. The zero-order valence-corrected chi connectivity index (χ0v) is 11.0. The van der Waals surface area contributed by atoms with Crippen molar-refractivity contribution in [1.29, 1.82) is 0 Å². The molecule has 0 aliphatic rings. The Kier molecular flexibility index (Phi) is 6.24. The molecule has 0 heterocycles. The van der Waals surface area contributed by atoms with E-state index in [2.05, 4.69) is 4.74 Å². The van der Waals surface area contributed by atoms with Crippen LogP contribution in [-0.2, 0) is 9.53 Å². The molecule has 0 aliphatic heterocycles. The molecule has 114 valence electrons. The van der Waals surface area contributed by atoms with Gasteiger partial charge in [-0.25, -0.2) is 13.6 Å². The van der Waals surface area contributed by atoms with Crippen LogP contribution < -0.4 is 5.73 Å². The Balaban J connectivity index is 0.00000361. The van der Waals surface area contributed by atoms with E-state index < -0.39 is 40.9 Å². The Hall–Kier alpha value is -1.54. The summed E-state index contributed by atoms with van der Waals surface area (Å²) >= 11 is 0. The Bertz CT molecular complexity index is 476. The van der Waals surface area contributed by atoms with E-state index in [0.29, 0.717) is 6.07 Å². The molecular weight excluding hydrogens is 306 g/mol. The number of nitrogens with two attached hydrogens (primary N) is 1. The molecule has 1 rings (SSSR count). The monoisotopic (exact) mass is 317 g/mol. The molecule has 4 nitrogen and oxygen atoms in total. The second-order valence-electron chi connectivity index (χ2n) is 3.64. The number of carbonyl (C=O) groups excluding carboxylic acids is 1. The molecule has 1 atom stereocenters. The number of phenols is 1. The van der Waals surface area contributed by atoms with Crippen LogP contribution in [0, 0.1) is 11.6 Å². The second-order valence-corrected chi connectivity index (χ2v) is 3.64. The predicted molar refractivity (Wildman–Crippen MR) is 63.8 cm³/mol. The van der Waals surface area contributed by atoms with E-state index >= 15 is 0 Å². The standard InChI is InChI=1S/C11H11F4NO3.ClH/c1-2-19-10(18)11(14,15)9(16)8-6(13)3-5(12)4-7(8)17;/h3-4,9,17H,2,16H2,1H3;1H/t9-;/m0./s1. The van der Waals surface area contributed by atoms with Crippen molar-refractivity contribution in [2.45, 2.75) is 18.9 Å². The SMILES string of the molecule is CCOC(=O)C(F)(F)[C@@H](N)c1c(O)cc(F)cc1F.Cl. The lowest BCUT2D eigenvalue weighted by atomic mass is 9.99. The number of carbonyl (C=O) groups is 1. The summed E-state index contributed by atoms with van der Waals surface area (Å²) in [5.41, 5.74) is 4.03. The van der Waals surface area contributed by atoms with Crippen LogP contribution in [0.1, 0.15) is 18.5 Å². The van der Waals surface area contributed by atoms with Crippen molar-refractivity contribution in [1.82, 2.24) is 0 Å². The Morgan fingerprint density at radius 1 is 1.45 bits per heavy atom. The van der Waals surface area contributed by atoms with Gasteiger partial charge < -0.3 is 15.6 Å². The van der Waals surface area contributed by atoms with Gasteiger partial charge in [-0.15, -0.1) is 12.4 Å². The Morgan fingerprint density at radius 2 is 2.00 bits per heavy atom. The highest BCUT2D eigenvalue weighted by atomic mass is 35.5. The highest BCUT2D eigenvalue weighted by molar-refractivity contribution is 5.85. The normalized spacial score (nSPS) is 12.5. The van der Waals surface area contributed by atoms with Crippen LogP contribution in [0.25, 0.3) is 0 Å². The lowest BCUT2D eigenvalue weighted by Gasteiger charge is -2.22. The quantitative estimate of drug-likeness (QED) is 0.660. The molecule has 3 N–H and O–H groups in total. The molecule has 0 radical (unpaired) electrons. The summed E-state index contributed by atoms with van der Waals surface area (Å²) in [5, 5.41) is 9.27. The molecule has 9 heteroatoms. The van der Waals surface area contributed by atoms with E-state index in [1.807, 2.05) is 0 Å². The smallest absolute Gasteiger partial charge is 0.379 e. The van der Waals surface area contributed by atoms with Crippen LogP contribution in [-0.4, -0.2) is 23.6 Å². The summed E-state index contributed by atoms with van der Waals surface area (Å²) < 4.78 is 57.4. The molecule has 0 aromatic heterocycles. The molecule has 0 aliphatic carbocycles. The molecule has 0 unspecified atom stereocenters. The zero-order valence-electron chi connectivity index (χ0n) is 10.2. The molecule has 0 spiro atoms. The highest BCUT2D eigenvalue weighted by Gasteiger charge is 2.49. The number of benzene rings is 1. The van der Waals surface area contributed by atoms with Crippen molar-refractivity contribution in [3.63, 3.8) is 0 Å². The number of hydrogen-bond donors (Lipinski definition) is 2. The summed E-state index contributed by atoms with van der Waals surface area (Å²) in [6, 6.07) is -1.80. The third-order valence-electron chi connectivity index (χ3n) is 2.32. The van der Waals surface area contributed by atoms with Gasteiger partial charge in [0.1, 0.15) is 23.4 Å². The third kappa shape index (κ3) is 3.51. The summed E-state index contributed by atoms with van der Waals surface area (Å²) in [5.74, 6) is -9.95. The fourth-order valence-corrected chi connectivity index (χ4v) is 1.41. The molecular formula is C11H12ClF4NO3. The first-order valence-corrected chi connectivity index (χ1v) is 5.20. The van der Waals surface area contributed by atoms with E-state index in [9.17, 15) is 27.5 Å². The summed E-state index contributed by atoms with van der Waals surface area (Å²) in [6.07, 6.45) is 0. The third-order valence-corrected chi connectivity index (χ3v) is 2.32. The summed E-state index contributed by atoms with van der Waals surface area (Å²) in [4.78, 5) is 11.0. The number of rotatable bonds is 4. The van der Waals surface area contributed by atoms with Gasteiger partial charge in [-0.3, -0.25) is 0 Å². The first-order valence-electron chi connectivity index (χ1n) is 5.20. The average Bonchev–Trinajstić information content (AvgIpc) is 2.27. The maximum Gasteiger partial charge on any atom is 0.379 e. The summed E-state index contributed by atoms with van der Waals surface area (Å²) in [7, 11) is 0. The number of phenolic OH excluding ortho intramolecular Hbond substituents is 1. The van der Waals surface area contributed by atoms with Gasteiger partial charge >= 0.3 is 11.9 Å². The number of halogens is 5. The number of hydrogen-bond acceptors (Lipinski definition) is 4. The van der Waals surface area contributed by atoms with Gasteiger partial charge in [-0.05, 0) is 6.92 Å². The van der Waals surface area contributed by atoms with Crippen molar-refractivity contribution in [3.8, 4) is 5.75 Å². The molecule has 0 saturated heterocycles. The molecule has 20 heavy (non-hydrogen) atoms. The largest absolute Gasteiger partial charge is 0.507 e. The van der Waals surface area contributed by atoms with Gasteiger partial charge in [0.2, 0.25) is 0 Å². The zero-order chi connectivity index (χ0) is 14.8. The Labute approximate surface area is 117 Å². The molecule has 1 aromatic carbocycles. The average molecular weight is 318 g/mol. The van der Waals surface area contributed by atoms with Gasteiger partial charge in [0, 0.05) is 12.1 Å². The van der Waals surface area contributed by atoms with Gasteiger partial charge in [0.05, 0.1) is 12.2 Å². The molecule has 0 fully saturated rings. The van der Waals surface area contributed by atoms with Crippen LogP contribution in [0.5, 0.6) is 5.75 Å². The number of alkyl halides is 2. The van der Waals surface area contributed by atoms with Crippen molar-refractivity contribution in [3.05, 3.63) is 29.3 Å². The topological polar surface area (TPSA) is 72.5 Å². The van der Waals surface area contributed by atoms with Crippen LogP contribution in [0.3, 0.4) is 0 Å². The van der Waals surface area contributed by atoms with E-state index in [4.69, 9.17) is 5.73 Å². The van der Waals surface area contributed by atoms with Crippen molar-refractivity contribution >= 4 is 18.4 Å². The van der Waals surface area contributed by atoms with Crippen molar-refractivity contribution in [2.75, 3.05) is 6.61 Å². The number of esters is 1. The van der Waals surface area contributed by atoms with E-state index in [1.54, 1.807) is 0 Å². The molecule has 0 bridgehead atoms. The minimum absolute atomic E-state index is 0. The minimum Gasteiger partial charge on any atom is -0.507 e. The van der Waals surface area contributed by atoms with Gasteiger partial charge in [0.25, 0.3) is 0 Å². The lowest BCUT2D eigenvalue weighted by Crippen LogP contribution is -2.42. The fraction of sp³-hybridized carbons (Fsp3) is 0.364. The lowest BCUT2D eigenvalue weighted by molar-refractivity contribution is -0.175. The number of aromatic hydroxyl groups is 1. The molecule has 1 aromatic rings. The Morgan fingerprint density at radius 3 is 2.45 bits per heavy atom. The van der Waals surface area contributed by atoms with Crippen molar-refractivity contribution in [2.24, 2.45) is 5.73 Å². The van der Waals surface area contributed by atoms with Crippen LogP contribution in [0.15, 0.2) is 12.1 Å². The van der Waals surface area contributed by atoms with E-state index in [-0.39, 0.29) is 25.1 Å². The van der Waals surface area contributed by atoms with Crippen LogP contribution in [0.4, 0.5) is 17.6 Å². The highest BCUT2D eigenvalue weighted by Crippen LogP contribution is 2.36. The first kappa shape index (κ1) is 18.5. The molecule has 0 amide bonds. The van der Waals surface area contributed by atoms with Crippen molar-refractivity contribution < 1.29 is 32.2 Å². The fourth-order valence-electron chi connectivity index (χ4n) is 1.41. The minimum atomic E-state index is -4.26. The summed E-state index contributed by atoms with van der Waals surface area (Å²) in [6.45, 7) is 0.981. The maximum atomic E-state index is 13.6. The van der Waals surface area contributed by atoms with Crippen LogP contribution in [0.2, 0.25) is 0 Å². The molecule has 0 saturated carbocycles.